The Labute approximate surface area is 126 Å². The van der Waals surface area contributed by atoms with Crippen LogP contribution in [0.3, 0.4) is 0 Å². The van der Waals surface area contributed by atoms with Crippen molar-refractivity contribution in [2.75, 3.05) is 19.6 Å². The number of rotatable bonds is 4. The molecule has 1 aliphatic rings. The number of hydrogen-bond acceptors (Lipinski definition) is 3. The molecule has 0 spiro atoms. The van der Waals surface area contributed by atoms with E-state index in [0.717, 1.165) is 17.3 Å². The largest absolute Gasteiger partial charge is 0.356 e. The van der Waals surface area contributed by atoms with Gasteiger partial charge in [0.15, 0.2) is 0 Å². The van der Waals surface area contributed by atoms with Crippen LogP contribution in [0.1, 0.15) is 23.3 Å². The van der Waals surface area contributed by atoms with Gasteiger partial charge in [-0.2, -0.15) is 8.42 Å². The van der Waals surface area contributed by atoms with E-state index in [4.69, 9.17) is 5.14 Å². The molecule has 1 aromatic heterocycles. The lowest BCUT2D eigenvalue weighted by Gasteiger charge is -2.32. The zero-order valence-electron chi connectivity index (χ0n) is 10.8. The first-order valence-corrected chi connectivity index (χ1v) is 8.59. The minimum absolute atomic E-state index is 0.0731. The Balaban J connectivity index is 1.94. The minimum atomic E-state index is -3.68. The van der Waals surface area contributed by atoms with Gasteiger partial charge in [0.25, 0.3) is 16.1 Å². The summed E-state index contributed by atoms with van der Waals surface area (Å²) in [4.78, 5) is 16.9. The van der Waals surface area contributed by atoms with Crippen molar-refractivity contribution in [2.24, 2.45) is 11.1 Å². The number of aromatic amines is 1. The van der Waals surface area contributed by atoms with Crippen LogP contribution >= 0.6 is 15.9 Å². The van der Waals surface area contributed by atoms with Crippen molar-refractivity contribution < 1.29 is 13.2 Å². The summed E-state index contributed by atoms with van der Waals surface area (Å²) in [6, 6.07) is 1.73. The summed E-state index contributed by atoms with van der Waals surface area (Å²) in [6.45, 7) is 1.47. The number of nitrogens with two attached hydrogens (primary N) is 1. The second-order valence-electron chi connectivity index (χ2n) is 4.88. The Hall–Kier alpha value is -0.900. The quantitative estimate of drug-likeness (QED) is 0.720. The van der Waals surface area contributed by atoms with Gasteiger partial charge in [-0.05, 0) is 40.8 Å². The van der Waals surface area contributed by atoms with Crippen LogP contribution < -0.4 is 9.86 Å². The van der Waals surface area contributed by atoms with Crippen LogP contribution in [0.5, 0.6) is 0 Å². The highest BCUT2D eigenvalue weighted by Gasteiger charge is 2.25. The number of amides is 1. The average Bonchev–Trinajstić information content (AvgIpc) is 2.82. The molecule has 9 heteroatoms. The van der Waals surface area contributed by atoms with Gasteiger partial charge < -0.3 is 9.88 Å². The number of piperidine rings is 1. The predicted molar refractivity (Wildman–Crippen MR) is 78.2 cm³/mol. The maximum Gasteiger partial charge on any atom is 0.274 e. The number of likely N-dealkylation sites (tertiary alicyclic amines) is 1. The van der Waals surface area contributed by atoms with Crippen LogP contribution in [-0.4, -0.2) is 43.8 Å². The summed E-state index contributed by atoms with van der Waals surface area (Å²) >= 11 is 3.29. The smallest absolute Gasteiger partial charge is 0.274 e. The average molecular weight is 365 g/mol. The fourth-order valence-corrected chi connectivity index (χ4v) is 3.12. The first-order valence-electron chi connectivity index (χ1n) is 6.26. The summed E-state index contributed by atoms with van der Waals surface area (Å²) in [7, 11) is -3.68. The lowest BCUT2D eigenvalue weighted by atomic mass is 9.98. The van der Waals surface area contributed by atoms with Gasteiger partial charge in [0.05, 0.1) is 0 Å². The normalized spacial score (nSPS) is 20.1. The molecule has 1 unspecified atom stereocenters. The van der Waals surface area contributed by atoms with Gasteiger partial charge in [-0.3, -0.25) is 4.79 Å². The van der Waals surface area contributed by atoms with Crippen molar-refractivity contribution >= 4 is 32.0 Å². The standard InChI is InChI=1S/C11H17BrN4O3S/c12-9-4-10(14-6-9)11(17)16-3-1-2-8(7-16)5-15-20(13,18)19/h4,6,8,14-15H,1-3,5,7H2,(H2,13,18,19). The molecule has 1 amide bonds. The molecule has 7 nitrogen and oxygen atoms in total. The summed E-state index contributed by atoms with van der Waals surface area (Å²) in [5.41, 5.74) is 0.525. The zero-order valence-corrected chi connectivity index (χ0v) is 13.2. The van der Waals surface area contributed by atoms with E-state index in [2.05, 4.69) is 25.6 Å². The third-order valence-electron chi connectivity index (χ3n) is 3.26. The fourth-order valence-electron chi connectivity index (χ4n) is 2.31. The van der Waals surface area contributed by atoms with E-state index in [9.17, 15) is 13.2 Å². The van der Waals surface area contributed by atoms with Crippen LogP contribution in [0, 0.1) is 5.92 Å². The molecule has 0 aromatic carbocycles. The van der Waals surface area contributed by atoms with Crippen molar-refractivity contribution in [1.29, 1.82) is 0 Å². The molecule has 0 saturated carbocycles. The predicted octanol–water partition coefficient (Wildman–Crippen LogP) is 0.423. The van der Waals surface area contributed by atoms with Gasteiger partial charge in [-0.15, -0.1) is 0 Å². The number of aromatic nitrogens is 1. The summed E-state index contributed by atoms with van der Waals surface area (Å²) < 4.78 is 24.9. The number of nitrogens with zero attached hydrogens (tertiary/aromatic N) is 1. The van der Waals surface area contributed by atoms with Gasteiger partial charge in [0.1, 0.15) is 5.69 Å². The number of halogens is 1. The maximum absolute atomic E-state index is 12.3. The molecular formula is C11H17BrN4O3S. The Morgan fingerprint density at radius 2 is 2.35 bits per heavy atom. The van der Waals surface area contributed by atoms with E-state index in [0.29, 0.717) is 18.8 Å². The second-order valence-corrected chi connectivity index (χ2v) is 7.18. The highest BCUT2D eigenvalue weighted by Crippen LogP contribution is 2.19. The molecule has 1 atom stereocenters. The van der Waals surface area contributed by atoms with Crippen LogP contribution in [0.4, 0.5) is 0 Å². The Morgan fingerprint density at radius 1 is 1.60 bits per heavy atom. The molecule has 4 N–H and O–H groups in total. The molecule has 1 saturated heterocycles. The first kappa shape index (κ1) is 15.5. The summed E-state index contributed by atoms with van der Waals surface area (Å²) in [6.07, 6.45) is 3.43. The molecule has 0 aliphatic carbocycles. The number of carbonyl (C=O) groups excluding carboxylic acids is 1. The SMILES string of the molecule is NS(=O)(=O)NCC1CCCN(C(=O)c2cc(Br)c[nH]2)C1. The fraction of sp³-hybridized carbons (Fsp3) is 0.545. The molecule has 1 aromatic rings. The molecule has 20 heavy (non-hydrogen) atoms. The third-order valence-corrected chi connectivity index (χ3v) is 4.28. The molecule has 1 fully saturated rings. The van der Waals surface area contributed by atoms with Gasteiger partial charge in [-0.1, -0.05) is 0 Å². The monoisotopic (exact) mass is 364 g/mol. The highest BCUT2D eigenvalue weighted by molar-refractivity contribution is 9.10. The van der Waals surface area contributed by atoms with E-state index < -0.39 is 10.2 Å². The second kappa shape index (κ2) is 6.25. The Kier molecular flexibility index (Phi) is 4.84. The van der Waals surface area contributed by atoms with Crippen LogP contribution in [-0.2, 0) is 10.2 Å². The highest BCUT2D eigenvalue weighted by atomic mass is 79.9. The molecule has 112 valence electrons. The summed E-state index contributed by atoms with van der Waals surface area (Å²) in [5.74, 6) is 0.0143. The first-order chi connectivity index (χ1) is 9.35. The lowest BCUT2D eigenvalue weighted by molar-refractivity contribution is 0.0671. The molecule has 1 aliphatic heterocycles. The molecular weight excluding hydrogens is 348 g/mol. The van der Waals surface area contributed by atoms with Crippen LogP contribution in [0.15, 0.2) is 16.7 Å². The van der Waals surface area contributed by atoms with Gasteiger partial charge in [0.2, 0.25) is 0 Å². The minimum Gasteiger partial charge on any atom is -0.356 e. The van der Waals surface area contributed by atoms with Crippen LogP contribution in [0.2, 0.25) is 0 Å². The summed E-state index contributed by atoms with van der Waals surface area (Å²) in [5, 5.41) is 4.91. The number of hydrogen-bond donors (Lipinski definition) is 3. The Morgan fingerprint density at radius 3 is 2.95 bits per heavy atom. The van der Waals surface area contributed by atoms with E-state index in [-0.39, 0.29) is 18.4 Å². The third kappa shape index (κ3) is 4.30. The maximum atomic E-state index is 12.3. The zero-order chi connectivity index (χ0) is 14.8. The van der Waals surface area contributed by atoms with E-state index in [1.807, 2.05) is 0 Å². The molecule has 2 heterocycles. The van der Waals surface area contributed by atoms with Crippen LogP contribution in [0.25, 0.3) is 0 Å². The number of nitrogens with one attached hydrogen (secondary N) is 2. The van der Waals surface area contributed by atoms with Gasteiger partial charge in [-0.25, -0.2) is 9.86 Å². The van der Waals surface area contributed by atoms with E-state index >= 15 is 0 Å². The number of carbonyl (C=O) groups is 1. The Bertz CT molecular complexity index is 586. The van der Waals surface area contributed by atoms with E-state index in [1.165, 1.54) is 0 Å². The topological polar surface area (TPSA) is 108 Å². The number of H-pyrrole nitrogens is 1. The molecule has 0 radical (unpaired) electrons. The molecule has 2 rings (SSSR count). The van der Waals surface area contributed by atoms with Gasteiger partial charge >= 0.3 is 0 Å². The van der Waals surface area contributed by atoms with E-state index in [1.54, 1.807) is 17.2 Å². The van der Waals surface area contributed by atoms with Gasteiger partial charge in [0, 0.05) is 30.3 Å². The molecule has 0 bridgehead atoms. The van der Waals surface area contributed by atoms with Crippen molar-refractivity contribution in [3.8, 4) is 0 Å². The van der Waals surface area contributed by atoms with Crippen molar-refractivity contribution in [3.63, 3.8) is 0 Å². The lowest BCUT2D eigenvalue weighted by Crippen LogP contribution is -2.44. The van der Waals surface area contributed by atoms with Crippen molar-refractivity contribution in [2.45, 2.75) is 12.8 Å². The van der Waals surface area contributed by atoms with Crippen molar-refractivity contribution in [3.05, 3.63) is 22.4 Å². The van der Waals surface area contributed by atoms with Crippen molar-refractivity contribution in [1.82, 2.24) is 14.6 Å².